The van der Waals surface area contributed by atoms with Gasteiger partial charge in [-0.3, -0.25) is 0 Å². The minimum Gasteiger partial charge on any atom is -0.465 e. The summed E-state index contributed by atoms with van der Waals surface area (Å²) in [4.78, 5) is 8.08. The molecule has 4 heteroatoms. The Bertz CT molecular complexity index is 457. The molecule has 17 heavy (non-hydrogen) atoms. The molecule has 1 aromatic carbocycles. The van der Waals surface area contributed by atoms with Crippen LogP contribution in [-0.4, -0.2) is 16.5 Å². The van der Waals surface area contributed by atoms with E-state index >= 15 is 0 Å². The Hall–Kier alpha value is -2.36. The maximum absolute atomic E-state index is 5.38. The third kappa shape index (κ3) is 3.95. The number of aromatic nitrogens is 2. The molecule has 0 fully saturated rings. The highest BCUT2D eigenvalue weighted by Gasteiger charge is 1.89. The van der Waals surface area contributed by atoms with Gasteiger partial charge in [-0.15, -0.1) is 0 Å². The van der Waals surface area contributed by atoms with Crippen LogP contribution in [0.5, 0.6) is 5.75 Å². The van der Waals surface area contributed by atoms with E-state index in [0.717, 1.165) is 5.75 Å². The normalized spacial score (nSPS) is 10.4. The van der Waals surface area contributed by atoms with Gasteiger partial charge in [-0.2, -0.15) is 0 Å². The minimum atomic E-state index is 0.608. The maximum Gasteiger partial charge on any atom is 0.222 e. The lowest BCUT2D eigenvalue weighted by molar-refractivity contribution is 0.480. The van der Waals surface area contributed by atoms with Gasteiger partial charge in [-0.05, 0) is 24.3 Å². The van der Waals surface area contributed by atoms with Crippen molar-refractivity contribution in [3.63, 3.8) is 0 Å². The molecule has 0 saturated heterocycles. The Morgan fingerprint density at radius 2 is 1.82 bits per heavy atom. The van der Waals surface area contributed by atoms with E-state index < -0.39 is 0 Å². The molecule has 0 radical (unpaired) electrons. The van der Waals surface area contributed by atoms with Crippen LogP contribution in [0.15, 0.2) is 61.1 Å². The van der Waals surface area contributed by atoms with Crippen LogP contribution >= 0.6 is 0 Å². The Balaban J connectivity index is 1.72. The third-order valence-corrected chi connectivity index (χ3v) is 1.99. The monoisotopic (exact) mass is 227 g/mol. The van der Waals surface area contributed by atoms with E-state index in [2.05, 4.69) is 15.3 Å². The Morgan fingerprint density at radius 1 is 1.06 bits per heavy atom. The summed E-state index contributed by atoms with van der Waals surface area (Å²) in [5, 5.41) is 3.04. The predicted molar refractivity (Wildman–Crippen MR) is 66.7 cm³/mol. The smallest absolute Gasteiger partial charge is 0.222 e. The molecule has 0 unspecified atom stereocenters. The van der Waals surface area contributed by atoms with E-state index in [-0.39, 0.29) is 0 Å². The summed E-state index contributed by atoms with van der Waals surface area (Å²) in [6.07, 6.45) is 6.90. The van der Waals surface area contributed by atoms with Crippen LogP contribution in [-0.2, 0) is 0 Å². The third-order valence-electron chi connectivity index (χ3n) is 1.99. The van der Waals surface area contributed by atoms with Crippen LogP contribution in [0.4, 0.5) is 5.95 Å². The van der Waals surface area contributed by atoms with E-state index in [4.69, 9.17) is 4.74 Å². The van der Waals surface area contributed by atoms with E-state index in [0.29, 0.717) is 12.5 Å². The fourth-order valence-electron chi connectivity index (χ4n) is 1.21. The second-order valence-corrected chi connectivity index (χ2v) is 3.26. The highest BCUT2D eigenvalue weighted by atomic mass is 16.5. The number of rotatable bonds is 5. The van der Waals surface area contributed by atoms with Crippen molar-refractivity contribution in [2.75, 3.05) is 11.9 Å². The fraction of sp³-hybridized carbons (Fsp3) is 0.0769. The van der Waals surface area contributed by atoms with Gasteiger partial charge >= 0.3 is 0 Å². The van der Waals surface area contributed by atoms with Crippen LogP contribution in [0, 0.1) is 0 Å². The zero-order valence-electron chi connectivity index (χ0n) is 9.28. The lowest BCUT2D eigenvalue weighted by Gasteiger charge is -2.00. The summed E-state index contributed by atoms with van der Waals surface area (Å²) in [6.45, 7) is 0.622. The Morgan fingerprint density at radius 3 is 2.59 bits per heavy atom. The minimum absolute atomic E-state index is 0.608. The first-order valence-electron chi connectivity index (χ1n) is 5.33. The van der Waals surface area contributed by atoms with Crippen LogP contribution in [0.1, 0.15) is 0 Å². The first-order valence-corrected chi connectivity index (χ1v) is 5.33. The lowest BCUT2D eigenvalue weighted by atomic mass is 10.3. The van der Waals surface area contributed by atoms with E-state index in [9.17, 15) is 0 Å². The number of nitrogens with zero attached hydrogens (tertiary/aromatic N) is 2. The van der Waals surface area contributed by atoms with E-state index in [1.165, 1.54) is 0 Å². The fourth-order valence-corrected chi connectivity index (χ4v) is 1.21. The number of nitrogens with one attached hydrogen (secondary N) is 1. The SMILES string of the molecule is C(=COc1ccccc1)CNc1ncccn1. The quantitative estimate of drug-likeness (QED) is 0.797. The van der Waals surface area contributed by atoms with Crippen molar-refractivity contribution < 1.29 is 4.74 Å². The van der Waals surface area contributed by atoms with Crippen molar-refractivity contribution in [1.29, 1.82) is 0 Å². The zero-order chi connectivity index (χ0) is 11.8. The molecular weight excluding hydrogens is 214 g/mol. The molecule has 0 saturated carbocycles. The van der Waals surface area contributed by atoms with Gasteiger partial charge in [0, 0.05) is 18.9 Å². The van der Waals surface area contributed by atoms with E-state index in [1.807, 2.05) is 36.4 Å². The van der Waals surface area contributed by atoms with Gasteiger partial charge < -0.3 is 10.1 Å². The van der Waals surface area contributed by atoms with Gasteiger partial charge in [0.1, 0.15) is 5.75 Å². The first kappa shape index (κ1) is 11.1. The number of benzene rings is 1. The summed E-state index contributed by atoms with van der Waals surface area (Å²) < 4.78 is 5.38. The van der Waals surface area contributed by atoms with E-state index in [1.54, 1.807) is 24.7 Å². The van der Waals surface area contributed by atoms with Crippen molar-refractivity contribution in [2.24, 2.45) is 0 Å². The first-order chi connectivity index (χ1) is 8.45. The van der Waals surface area contributed by atoms with Gasteiger partial charge in [0.15, 0.2) is 0 Å². The largest absolute Gasteiger partial charge is 0.465 e. The molecule has 0 atom stereocenters. The van der Waals surface area contributed by atoms with Crippen LogP contribution in [0.3, 0.4) is 0 Å². The summed E-state index contributed by atoms with van der Waals surface area (Å²) in [7, 11) is 0. The molecule has 0 bridgehead atoms. The number of anilines is 1. The molecule has 1 heterocycles. The van der Waals surface area contributed by atoms with Gasteiger partial charge in [0.2, 0.25) is 5.95 Å². The molecule has 86 valence electrons. The highest BCUT2D eigenvalue weighted by molar-refractivity contribution is 5.24. The average Bonchev–Trinajstić information content (AvgIpc) is 2.41. The Labute approximate surface area is 100.0 Å². The topological polar surface area (TPSA) is 47.0 Å². The summed E-state index contributed by atoms with van der Waals surface area (Å²) in [5.74, 6) is 1.43. The molecule has 4 nitrogen and oxygen atoms in total. The number of ether oxygens (including phenoxy) is 1. The standard InChI is InChI=1S/C13H13N3O/c1-2-6-12(7-3-1)17-11-5-10-16-13-14-8-4-9-15-13/h1-9,11H,10H2,(H,14,15,16). The average molecular weight is 227 g/mol. The number of hydrogen-bond donors (Lipinski definition) is 1. The second-order valence-electron chi connectivity index (χ2n) is 3.26. The molecule has 2 rings (SSSR count). The van der Waals surface area contributed by atoms with Gasteiger partial charge in [-0.1, -0.05) is 18.2 Å². The van der Waals surface area contributed by atoms with Gasteiger partial charge in [0.05, 0.1) is 6.26 Å². The van der Waals surface area contributed by atoms with Crippen LogP contribution in [0.25, 0.3) is 0 Å². The molecule has 0 spiro atoms. The molecular formula is C13H13N3O. The highest BCUT2D eigenvalue weighted by Crippen LogP contribution is 2.08. The van der Waals surface area contributed by atoms with Gasteiger partial charge in [-0.25, -0.2) is 9.97 Å². The molecule has 0 amide bonds. The van der Waals surface area contributed by atoms with Crippen LogP contribution in [0.2, 0.25) is 0 Å². The summed E-state index contributed by atoms with van der Waals surface area (Å²) in [6, 6.07) is 11.4. The molecule has 0 aliphatic heterocycles. The number of para-hydroxylation sites is 1. The van der Waals surface area contributed by atoms with Crippen LogP contribution < -0.4 is 10.1 Å². The van der Waals surface area contributed by atoms with Crippen molar-refractivity contribution in [1.82, 2.24) is 9.97 Å². The van der Waals surface area contributed by atoms with Crippen molar-refractivity contribution in [3.8, 4) is 5.75 Å². The molecule has 0 aliphatic carbocycles. The summed E-state index contributed by atoms with van der Waals surface area (Å²) in [5.41, 5.74) is 0. The van der Waals surface area contributed by atoms with Crippen molar-refractivity contribution in [3.05, 3.63) is 61.1 Å². The number of hydrogen-bond acceptors (Lipinski definition) is 4. The molecule has 0 aliphatic rings. The predicted octanol–water partition coefficient (Wildman–Crippen LogP) is 2.48. The summed E-state index contributed by atoms with van der Waals surface area (Å²) >= 11 is 0. The Kier molecular flexibility index (Phi) is 4.11. The molecule has 2 aromatic rings. The molecule has 1 N–H and O–H groups in total. The second kappa shape index (κ2) is 6.27. The molecule has 1 aromatic heterocycles. The van der Waals surface area contributed by atoms with Crippen molar-refractivity contribution >= 4 is 5.95 Å². The zero-order valence-corrected chi connectivity index (χ0v) is 9.28. The van der Waals surface area contributed by atoms with Gasteiger partial charge in [0.25, 0.3) is 0 Å². The van der Waals surface area contributed by atoms with Crippen molar-refractivity contribution in [2.45, 2.75) is 0 Å². The maximum atomic E-state index is 5.38. The lowest BCUT2D eigenvalue weighted by Crippen LogP contribution is -2.02.